The molecule has 2 aromatic rings. The summed E-state index contributed by atoms with van der Waals surface area (Å²) in [6.45, 7) is 1.87. The Bertz CT molecular complexity index is 569. The normalized spacial score (nSPS) is 12.1. The standard InChI is InChI=1S/C14H14FNO2S/c1-9(7-11-3-2-6-19-11)16-14(18)12-5-4-10(17)8-13(12)15/h2-6,8-9,17H,7H2,1H3,(H,16,18). The second-order valence-electron chi connectivity index (χ2n) is 4.32. The van der Waals surface area contributed by atoms with Crippen molar-refractivity contribution in [3.63, 3.8) is 0 Å². The van der Waals surface area contributed by atoms with Crippen molar-refractivity contribution in [2.75, 3.05) is 0 Å². The number of aromatic hydroxyl groups is 1. The summed E-state index contributed by atoms with van der Waals surface area (Å²) in [7, 11) is 0. The van der Waals surface area contributed by atoms with Gasteiger partial charge in [-0.2, -0.15) is 0 Å². The van der Waals surface area contributed by atoms with E-state index in [0.29, 0.717) is 6.42 Å². The van der Waals surface area contributed by atoms with E-state index in [2.05, 4.69) is 5.32 Å². The molecule has 1 amide bonds. The minimum atomic E-state index is -0.721. The third-order valence-electron chi connectivity index (χ3n) is 2.66. The minimum absolute atomic E-state index is 0.0594. The zero-order chi connectivity index (χ0) is 13.8. The molecular weight excluding hydrogens is 265 g/mol. The first-order valence-electron chi connectivity index (χ1n) is 5.88. The lowest BCUT2D eigenvalue weighted by Gasteiger charge is -2.13. The molecule has 0 radical (unpaired) electrons. The van der Waals surface area contributed by atoms with Crippen LogP contribution in [0.4, 0.5) is 4.39 Å². The lowest BCUT2D eigenvalue weighted by atomic mass is 10.1. The molecule has 0 spiro atoms. The Morgan fingerprint density at radius 2 is 2.26 bits per heavy atom. The SMILES string of the molecule is CC(Cc1cccs1)NC(=O)c1ccc(O)cc1F. The van der Waals surface area contributed by atoms with Crippen LogP contribution in [0.15, 0.2) is 35.7 Å². The van der Waals surface area contributed by atoms with E-state index in [1.54, 1.807) is 11.3 Å². The summed E-state index contributed by atoms with van der Waals surface area (Å²) in [5.74, 6) is -1.39. The third kappa shape index (κ3) is 3.54. The van der Waals surface area contributed by atoms with Crippen LogP contribution < -0.4 is 5.32 Å². The van der Waals surface area contributed by atoms with Gasteiger partial charge in [0.25, 0.3) is 5.91 Å². The molecule has 1 atom stereocenters. The molecule has 0 saturated heterocycles. The quantitative estimate of drug-likeness (QED) is 0.904. The minimum Gasteiger partial charge on any atom is -0.508 e. The van der Waals surface area contributed by atoms with Crippen LogP contribution in [0, 0.1) is 5.82 Å². The van der Waals surface area contributed by atoms with Crippen LogP contribution in [0.3, 0.4) is 0 Å². The predicted molar refractivity (Wildman–Crippen MR) is 73.0 cm³/mol. The number of phenolic OH excluding ortho intramolecular Hbond substituents is 1. The zero-order valence-corrected chi connectivity index (χ0v) is 11.2. The van der Waals surface area contributed by atoms with Crippen LogP contribution in [0.1, 0.15) is 22.2 Å². The van der Waals surface area contributed by atoms with E-state index in [0.717, 1.165) is 6.07 Å². The average molecular weight is 279 g/mol. The van der Waals surface area contributed by atoms with Crippen LogP contribution >= 0.6 is 11.3 Å². The Kier molecular flexibility index (Phi) is 4.16. The fourth-order valence-electron chi connectivity index (χ4n) is 1.77. The van der Waals surface area contributed by atoms with Crippen molar-refractivity contribution < 1.29 is 14.3 Å². The molecule has 100 valence electrons. The van der Waals surface area contributed by atoms with Gasteiger partial charge >= 0.3 is 0 Å². The van der Waals surface area contributed by atoms with Crippen LogP contribution in [0.2, 0.25) is 0 Å². The predicted octanol–water partition coefficient (Wildman–Crippen LogP) is 2.95. The van der Waals surface area contributed by atoms with Crippen molar-refractivity contribution >= 4 is 17.2 Å². The topological polar surface area (TPSA) is 49.3 Å². The fourth-order valence-corrected chi connectivity index (χ4v) is 2.61. The molecule has 2 rings (SSSR count). The zero-order valence-electron chi connectivity index (χ0n) is 10.4. The van der Waals surface area contributed by atoms with E-state index < -0.39 is 11.7 Å². The van der Waals surface area contributed by atoms with E-state index in [1.807, 2.05) is 24.4 Å². The first-order chi connectivity index (χ1) is 9.06. The van der Waals surface area contributed by atoms with Crippen molar-refractivity contribution in [1.29, 1.82) is 0 Å². The first-order valence-corrected chi connectivity index (χ1v) is 6.76. The number of thiophene rings is 1. The van der Waals surface area contributed by atoms with Crippen LogP contribution in [0.25, 0.3) is 0 Å². The molecule has 1 aromatic carbocycles. The van der Waals surface area contributed by atoms with Gasteiger partial charge in [0.2, 0.25) is 0 Å². The van der Waals surface area contributed by atoms with Crippen molar-refractivity contribution in [3.05, 3.63) is 52.0 Å². The highest BCUT2D eigenvalue weighted by Gasteiger charge is 2.15. The van der Waals surface area contributed by atoms with E-state index in [4.69, 9.17) is 5.11 Å². The molecule has 3 nitrogen and oxygen atoms in total. The Morgan fingerprint density at radius 3 is 2.89 bits per heavy atom. The number of hydrogen-bond donors (Lipinski definition) is 2. The first kappa shape index (κ1) is 13.5. The summed E-state index contributed by atoms with van der Waals surface area (Å²) in [4.78, 5) is 13.1. The van der Waals surface area contributed by atoms with Gasteiger partial charge in [0.05, 0.1) is 5.56 Å². The monoisotopic (exact) mass is 279 g/mol. The molecule has 1 aromatic heterocycles. The van der Waals surface area contributed by atoms with Crippen molar-refractivity contribution in [3.8, 4) is 5.75 Å². The third-order valence-corrected chi connectivity index (χ3v) is 3.56. The number of halogens is 1. The van der Waals surface area contributed by atoms with Crippen molar-refractivity contribution in [1.82, 2.24) is 5.32 Å². The van der Waals surface area contributed by atoms with Gasteiger partial charge in [-0.05, 0) is 30.5 Å². The fraction of sp³-hybridized carbons (Fsp3) is 0.214. The van der Waals surface area contributed by atoms with Gasteiger partial charge in [-0.3, -0.25) is 4.79 Å². The number of benzene rings is 1. The molecule has 0 saturated carbocycles. The number of rotatable bonds is 4. The molecule has 2 N–H and O–H groups in total. The Labute approximate surface area is 114 Å². The van der Waals surface area contributed by atoms with E-state index in [1.165, 1.54) is 17.0 Å². The highest BCUT2D eigenvalue weighted by Crippen LogP contribution is 2.16. The molecule has 0 aliphatic rings. The van der Waals surface area contributed by atoms with E-state index in [9.17, 15) is 9.18 Å². The van der Waals surface area contributed by atoms with Gasteiger partial charge in [0, 0.05) is 23.4 Å². The number of amides is 1. The lowest BCUT2D eigenvalue weighted by molar-refractivity contribution is 0.0936. The van der Waals surface area contributed by atoms with Gasteiger partial charge in [0.1, 0.15) is 11.6 Å². The van der Waals surface area contributed by atoms with Crippen molar-refractivity contribution in [2.45, 2.75) is 19.4 Å². The molecule has 19 heavy (non-hydrogen) atoms. The maximum atomic E-state index is 13.5. The maximum Gasteiger partial charge on any atom is 0.254 e. The lowest BCUT2D eigenvalue weighted by Crippen LogP contribution is -2.34. The summed E-state index contributed by atoms with van der Waals surface area (Å²) in [6, 6.07) is 7.36. The highest BCUT2D eigenvalue weighted by molar-refractivity contribution is 7.09. The van der Waals surface area contributed by atoms with Gasteiger partial charge in [-0.25, -0.2) is 4.39 Å². The van der Waals surface area contributed by atoms with E-state index >= 15 is 0 Å². The molecule has 0 aliphatic heterocycles. The number of phenols is 1. The molecule has 5 heteroatoms. The number of nitrogens with one attached hydrogen (secondary N) is 1. The smallest absolute Gasteiger partial charge is 0.254 e. The van der Waals surface area contributed by atoms with Crippen LogP contribution in [-0.4, -0.2) is 17.1 Å². The summed E-state index contributed by atoms with van der Waals surface area (Å²) >= 11 is 1.62. The second-order valence-corrected chi connectivity index (χ2v) is 5.35. The summed E-state index contributed by atoms with van der Waals surface area (Å²) in [6.07, 6.45) is 0.711. The van der Waals surface area contributed by atoms with Gasteiger partial charge < -0.3 is 10.4 Å². The largest absolute Gasteiger partial charge is 0.508 e. The Hall–Kier alpha value is -1.88. The number of carbonyl (C=O) groups is 1. The molecule has 1 unspecified atom stereocenters. The van der Waals surface area contributed by atoms with Gasteiger partial charge in [0.15, 0.2) is 0 Å². The van der Waals surface area contributed by atoms with Crippen molar-refractivity contribution in [2.24, 2.45) is 0 Å². The summed E-state index contributed by atoms with van der Waals surface area (Å²) in [5.41, 5.74) is -0.0594. The number of carbonyl (C=O) groups excluding carboxylic acids is 1. The summed E-state index contributed by atoms with van der Waals surface area (Å²) in [5, 5.41) is 13.8. The van der Waals surface area contributed by atoms with Crippen LogP contribution in [-0.2, 0) is 6.42 Å². The molecular formula is C14H14FNO2S. The highest BCUT2D eigenvalue weighted by atomic mass is 32.1. The summed E-state index contributed by atoms with van der Waals surface area (Å²) < 4.78 is 13.5. The Balaban J connectivity index is 2.00. The second kappa shape index (κ2) is 5.84. The molecule has 0 aliphatic carbocycles. The average Bonchev–Trinajstić information content (AvgIpc) is 2.81. The van der Waals surface area contributed by atoms with E-state index in [-0.39, 0.29) is 17.4 Å². The van der Waals surface area contributed by atoms with Gasteiger partial charge in [-0.15, -0.1) is 11.3 Å². The molecule has 1 heterocycles. The Morgan fingerprint density at radius 1 is 1.47 bits per heavy atom. The molecule has 0 fully saturated rings. The van der Waals surface area contributed by atoms with Gasteiger partial charge in [-0.1, -0.05) is 6.07 Å². The van der Waals surface area contributed by atoms with Crippen LogP contribution in [0.5, 0.6) is 5.75 Å². The molecule has 0 bridgehead atoms. The number of hydrogen-bond acceptors (Lipinski definition) is 3. The maximum absolute atomic E-state index is 13.5.